The largest absolute Gasteiger partial charge is 0.396 e. The van der Waals surface area contributed by atoms with Gasteiger partial charge in [-0.1, -0.05) is 29.8 Å². The highest BCUT2D eigenvalue weighted by Crippen LogP contribution is 2.14. The molecule has 3 heteroatoms. The number of aryl methyl sites for hydroxylation is 2. The fourth-order valence-corrected chi connectivity index (χ4v) is 2.24. The van der Waals surface area contributed by atoms with Crippen molar-refractivity contribution in [3.05, 3.63) is 53.3 Å². The van der Waals surface area contributed by atoms with Gasteiger partial charge in [0.1, 0.15) is 0 Å². The second-order valence-corrected chi connectivity index (χ2v) is 4.93. The molecule has 1 N–H and O–H groups in total. The van der Waals surface area contributed by atoms with Gasteiger partial charge in [0.15, 0.2) is 0 Å². The second kappa shape index (κ2) is 5.83. The summed E-state index contributed by atoms with van der Waals surface area (Å²) >= 11 is 0. The normalized spacial score (nSPS) is 12.6. The zero-order chi connectivity index (χ0) is 13.0. The molecular weight excluding hydrogens is 224 g/mol. The number of nitrogens with zero attached hydrogens (tertiary/aromatic N) is 2. The Balaban J connectivity index is 2.01. The summed E-state index contributed by atoms with van der Waals surface area (Å²) in [6.07, 6.45) is 3.66. The van der Waals surface area contributed by atoms with E-state index in [1.54, 1.807) is 4.68 Å². The van der Waals surface area contributed by atoms with Crippen LogP contribution in [0.3, 0.4) is 0 Å². The van der Waals surface area contributed by atoms with Crippen LogP contribution in [0.1, 0.15) is 16.8 Å². The summed E-state index contributed by atoms with van der Waals surface area (Å²) in [7, 11) is 1.91. The zero-order valence-corrected chi connectivity index (χ0v) is 11.0. The number of aliphatic hydroxyl groups excluding tert-OH is 1. The molecule has 1 atom stereocenters. The predicted molar refractivity (Wildman–Crippen MR) is 72.4 cm³/mol. The first-order valence-electron chi connectivity index (χ1n) is 6.32. The predicted octanol–water partition coefficient (Wildman–Crippen LogP) is 2.12. The van der Waals surface area contributed by atoms with Crippen molar-refractivity contribution in [1.29, 1.82) is 0 Å². The van der Waals surface area contributed by atoms with Gasteiger partial charge >= 0.3 is 0 Å². The lowest BCUT2D eigenvalue weighted by atomic mass is 9.95. The van der Waals surface area contributed by atoms with Crippen LogP contribution in [0, 0.1) is 12.8 Å². The van der Waals surface area contributed by atoms with Crippen LogP contribution in [0.4, 0.5) is 0 Å². The van der Waals surface area contributed by atoms with E-state index in [0.29, 0.717) is 0 Å². The van der Waals surface area contributed by atoms with E-state index in [9.17, 15) is 5.11 Å². The lowest BCUT2D eigenvalue weighted by molar-refractivity contribution is 0.224. The van der Waals surface area contributed by atoms with E-state index in [2.05, 4.69) is 36.3 Å². The minimum absolute atomic E-state index is 0.199. The van der Waals surface area contributed by atoms with Gasteiger partial charge in [-0.15, -0.1) is 0 Å². The first-order chi connectivity index (χ1) is 8.67. The number of aromatic nitrogens is 2. The van der Waals surface area contributed by atoms with Crippen molar-refractivity contribution in [2.45, 2.75) is 19.8 Å². The summed E-state index contributed by atoms with van der Waals surface area (Å²) in [6.45, 7) is 2.29. The summed E-state index contributed by atoms with van der Waals surface area (Å²) in [5.41, 5.74) is 3.59. The van der Waals surface area contributed by atoms with Gasteiger partial charge in [-0.05, 0) is 37.3 Å². The molecule has 0 aliphatic rings. The van der Waals surface area contributed by atoms with Gasteiger partial charge in [0.2, 0.25) is 0 Å². The lowest BCUT2D eigenvalue weighted by Gasteiger charge is -2.13. The van der Waals surface area contributed by atoms with Crippen LogP contribution in [0.5, 0.6) is 0 Å². The number of hydrogen-bond acceptors (Lipinski definition) is 2. The average molecular weight is 244 g/mol. The van der Waals surface area contributed by atoms with E-state index >= 15 is 0 Å². The molecule has 96 valence electrons. The summed E-state index contributed by atoms with van der Waals surface area (Å²) in [5, 5.41) is 13.9. The van der Waals surface area contributed by atoms with E-state index in [0.717, 1.165) is 18.5 Å². The molecule has 0 radical (unpaired) electrons. The molecule has 0 amide bonds. The number of rotatable bonds is 5. The fraction of sp³-hybridized carbons (Fsp3) is 0.400. The first-order valence-corrected chi connectivity index (χ1v) is 6.32. The van der Waals surface area contributed by atoms with Crippen LogP contribution in [0.2, 0.25) is 0 Å². The molecule has 0 fully saturated rings. The van der Waals surface area contributed by atoms with Crippen LogP contribution in [0.25, 0.3) is 0 Å². The third-order valence-electron chi connectivity index (χ3n) is 3.13. The van der Waals surface area contributed by atoms with E-state index < -0.39 is 0 Å². The van der Waals surface area contributed by atoms with Gasteiger partial charge < -0.3 is 5.11 Å². The number of benzene rings is 1. The molecule has 3 nitrogen and oxygen atoms in total. The third kappa shape index (κ3) is 3.44. The highest BCUT2D eigenvalue weighted by Gasteiger charge is 2.11. The minimum atomic E-state index is 0.199. The topological polar surface area (TPSA) is 38.0 Å². The molecule has 0 aliphatic heterocycles. The van der Waals surface area contributed by atoms with Gasteiger partial charge in [0.05, 0.1) is 5.69 Å². The van der Waals surface area contributed by atoms with E-state index in [1.807, 2.05) is 19.3 Å². The monoisotopic (exact) mass is 244 g/mol. The van der Waals surface area contributed by atoms with Crippen molar-refractivity contribution in [2.75, 3.05) is 6.61 Å². The molecule has 2 rings (SSSR count). The Morgan fingerprint density at radius 3 is 2.72 bits per heavy atom. The SMILES string of the molecule is Cc1cccc(CC(CO)Cc2ccn(C)n2)c1. The molecular formula is C15H20N2O. The summed E-state index contributed by atoms with van der Waals surface area (Å²) < 4.78 is 1.80. The summed E-state index contributed by atoms with van der Waals surface area (Å²) in [6, 6.07) is 10.5. The van der Waals surface area contributed by atoms with Crippen LogP contribution in [-0.2, 0) is 19.9 Å². The van der Waals surface area contributed by atoms with Crippen molar-refractivity contribution in [1.82, 2.24) is 9.78 Å². The first kappa shape index (κ1) is 12.8. The molecule has 0 saturated heterocycles. The molecule has 2 aromatic rings. The van der Waals surface area contributed by atoms with Crippen molar-refractivity contribution in [2.24, 2.45) is 13.0 Å². The van der Waals surface area contributed by atoms with Crippen molar-refractivity contribution in [3.8, 4) is 0 Å². The molecule has 1 aromatic carbocycles. The lowest BCUT2D eigenvalue weighted by Crippen LogP contribution is -2.13. The number of hydrogen-bond donors (Lipinski definition) is 1. The molecule has 0 saturated carbocycles. The number of aliphatic hydroxyl groups is 1. The van der Waals surface area contributed by atoms with Gasteiger partial charge in [0, 0.05) is 19.9 Å². The second-order valence-electron chi connectivity index (χ2n) is 4.93. The molecule has 0 bridgehead atoms. The summed E-state index contributed by atoms with van der Waals surface area (Å²) in [4.78, 5) is 0. The Kier molecular flexibility index (Phi) is 4.15. The maximum absolute atomic E-state index is 9.49. The van der Waals surface area contributed by atoms with Crippen molar-refractivity contribution < 1.29 is 5.11 Å². The Labute approximate surface area is 108 Å². The molecule has 0 aliphatic carbocycles. The Hall–Kier alpha value is -1.61. The Morgan fingerprint density at radius 1 is 1.28 bits per heavy atom. The van der Waals surface area contributed by atoms with Crippen LogP contribution < -0.4 is 0 Å². The zero-order valence-electron chi connectivity index (χ0n) is 11.0. The molecule has 1 aromatic heterocycles. The smallest absolute Gasteiger partial charge is 0.0628 e. The van der Waals surface area contributed by atoms with Gasteiger partial charge in [-0.25, -0.2) is 0 Å². The maximum atomic E-state index is 9.49. The quantitative estimate of drug-likeness (QED) is 0.875. The van der Waals surface area contributed by atoms with Gasteiger partial charge in [-0.2, -0.15) is 5.10 Å². The maximum Gasteiger partial charge on any atom is 0.0628 e. The highest BCUT2D eigenvalue weighted by molar-refractivity contribution is 5.22. The summed E-state index contributed by atoms with van der Waals surface area (Å²) in [5.74, 6) is 0.238. The van der Waals surface area contributed by atoms with Crippen molar-refractivity contribution >= 4 is 0 Å². The average Bonchev–Trinajstić information content (AvgIpc) is 2.74. The molecule has 1 heterocycles. The van der Waals surface area contributed by atoms with E-state index in [-0.39, 0.29) is 12.5 Å². The van der Waals surface area contributed by atoms with Gasteiger partial charge in [0.25, 0.3) is 0 Å². The Morgan fingerprint density at radius 2 is 2.11 bits per heavy atom. The van der Waals surface area contributed by atoms with Crippen molar-refractivity contribution in [3.63, 3.8) is 0 Å². The van der Waals surface area contributed by atoms with E-state index in [1.165, 1.54) is 11.1 Å². The molecule has 0 spiro atoms. The van der Waals surface area contributed by atoms with Crippen LogP contribution >= 0.6 is 0 Å². The standard InChI is InChI=1S/C15H20N2O/c1-12-4-3-5-13(8-12)9-14(11-18)10-15-6-7-17(2)16-15/h3-8,14,18H,9-11H2,1-2H3. The Bertz CT molecular complexity index is 505. The highest BCUT2D eigenvalue weighted by atomic mass is 16.3. The van der Waals surface area contributed by atoms with Crippen LogP contribution in [-0.4, -0.2) is 21.5 Å². The molecule has 18 heavy (non-hydrogen) atoms. The van der Waals surface area contributed by atoms with Crippen LogP contribution in [0.15, 0.2) is 36.5 Å². The molecule has 1 unspecified atom stereocenters. The van der Waals surface area contributed by atoms with Gasteiger partial charge in [-0.3, -0.25) is 4.68 Å². The van der Waals surface area contributed by atoms with E-state index in [4.69, 9.17) is 0 Å². The fourth-order valence-electron chi connectivity index (χ4n) is 2.24. The minimum Gasteiger partial charge on any atom is -0.396 e. The third-order valence-corrected chi connectivity index (χ3v) is 3.13.